The quantitative estimate of drug-likeness (QED) is 0.0268. The van der Waals surface area contributed by atoms with Crippen molar-refractivity contribution in [2.45, 2.75) is 17.9 Å². The predicted octanol–water partition coefficient (Wildman–Crippen LogP) is 0.149. The first kappa shape index (κ1) is 46.3. The van der Waals surface area contributed by atoms with Gasteiger partial charge in [-0.25, -0.2) is 5.06 Å². The van der Waals surface area contributed by atoms with Gasteiger partial charge in [-0.3, -0.25) is 18.9 Å². The van der Waals surface area contributed by atoms with Crippen LogP contribution >= 0.6 is 0 Å². The van der Waals surface area contributed by atoms with Crippen LogP contribution in [0, 0.1) is 5.92 Å². The summed E-state index contributed by atoms with van der Waals surface area (Å²) in [6.45, 7) is 0.0277. The molecule has 0 aliphatic heterocycles. The summed E-state index contributed by atoms with van der Waals surface area (Å²) in [5.74, 6) is -2.64. The Labute approximate surface area is 338 Å². The second kappa shape index (κ2) is 20.5. The third-order valence-corrected chi connectivity index (χ3v) is 9.80. The third-order valence-electron chi connectivity index (χ3n) is 7.45. The lowest BCUT2D eigenvalue weighted by Gasteiger charge is -2.19. The Kier molecular flexibility index (Phi) is 16.1. The van der Waals surface area contributed by atoms with Crippen molar-refractivity contribution in [3.05, 3.63) is 53.6 Å². The van der Waals surface area contributed by atoms with E-state index in [4.69, 9.17) is 14.2 Å². The standard InChI is InChI=1S/C31H42N12O13S3/c1-19(17-44)16-43(47)31-41-27(33-11-13-58(51,52)53)39-30(42-31)36-23-9-6-21(25(14-23)59(54,55)56)5-2-20-3-7-22(8-4-20)35-29-38-26(32-10-12-57(48,49)50)37-28(40-29)34-15-24(46)18-45/h2-9,14,19,24,44-47H,10-13,15-18H2,1H3,(H,48,49,50)(H,51,52,53)(H,54,55,56)(H2,33,36,39,41,42)(H3,32,34,35,37,38,40). The highest BCUT2D eigenvalue weighted by Crippen LogP contribution is 2.26. The zero-order valence-corrected chi connectivity index (χ0v) is 33.4. The smallest absolute Gasteiger partial charge is 0.295 e. The predicted molar refractivity (Wildman–Crippen MR) is 215 cm³/mol. The van der Waals surface area contributed by atoms with Gasteiger partial charge in [-0.15, -0.1) is 0 Å². The average Bonchev–Trinajstić information content (AvgIpc) is 3.15. The van der Waals surface area contributed by atoms with Gasteiger partial charge in [0.1, 0.15) is 4.90 Å². The fourth-order valence-corrected chi connectivity index (χ4v) is 6.02. The monoisotopic (exact) mass is 886 g/mol. The van der Waals surface area contributed by atoms with E-state index < -0.39 is 65.4 Å². The zero-order valence-electron chi connectivity index (χ0n) is 30.9. The molecule has 0 bridgehead atoms. The molecule has 2 heterocycles. The van der Waals surface area contributed by atoms with Crippen molar-refractivity contribution in [3.63, 3.8) is 0 Å². The number of aromatic nitrogens is 6. The van der Waals surface area contributed by atoms with Gasteiger partial charge in [0.05, 0.1) is 30.8 Å². The maximum absolute atomic E-state index is 12.5. The Morgan fingerprint density at radius 1 is 0.678 bits per heavy atom. The molecule has 0 amide bonds. The summed E-state index contributed by atoms with van der Waals surface area (Å²) >= 11 is 0. The molecule has 0 radical (unpaired) electrons. The summed E-state index contributed by atoms with van der Waals surface area (Å²) in [4.78, 5) is 24.2. The summed E-state index contributed by atoms with van der Waals surface area (Å²) in [6.07, 6.45) is 1.86. The number of rotatable bonds is 23. The number of aliphatic hydroxyl groups is 3. The van der Waals surface area contributed by atoms with Crippen molar-refractivity contribution in [1.29, 1.82) is 0 Å². The molecular formula is C31H42N12O13S3. The first-order valence-electron chi connectivity index (χ1n) is 17.1. The molecule has 28 heteroatoms. The molecule has 322 valence electrons. The van der Waals surface area contributed by atoms with Crippen LogP contribution in [0.4, 0.5) is 47.1 Å². The number of aliphatic hydroxyl groups excluding tert-OH is 3. The molecule has 0 spiro atoms. The lowest BCUT2D eigenvalue weighted by Crippen LogP contribution is -2.29. The molecule has 59 heavy (non-hydrogen) atoms. The molecule has 25 nitrogen and oxygen atoms in total. The Bertz CT molecular complexity index is 2410. The van der Waals surface area contributed by atoms with Gasteiger partial charge in [-0.2, -0.15) is 55.2 Å². The van der Waals surface area contributed by atoms with Gasteiger partial charge in [0.2, 0.25) is 29.7 Å². The average molecular weight is 887 g/mol. The van der Waals surface area contributed by atoms with Gasteiger partial charge in [0.15, 0.2) is 0 Å². The molecule has 2 aromatic carbocycles. The van der Waals surface area contributed by atoms with E-state index in [1.54, 1.807) is 37.3 Å². The highest BCUT2D eigenvalue weighted by atomic mass is 32.2. The zero-order chi connectivity index (χ0) is 43.4. The fraction of sp³-hybridized carbons (Fsp3) is 0.355. The maximum atomic E-state index is 12.5. The van der Waals surface area contributed by atoms with Gasteiger partial charge in [-0.1, -0.05) is 37.3 Å². The van der Waals surface area contributed by atoms with E-state index in [-0.39, 0.29) is 79.7 Å². The van der Waals surface area contributed by atoms with Crippen molar-refractivity contribution in [2.24, 2.45) is 5.92 Å². The van der Waals surface area contributed by atoms with Gasteiger partial charge >= 0.3 is 0 Å². The van der Waals surface area contributed by atoms with Gasteiger partial charge in [0, 0.05) is 37.6 Å². The summed E-state index contributed by atoms with van der Waals surface area (Å²) < 4.78 is 97.7. The molecule has 2 unspecified atom stereocenters. The number of hydrogen-bond donors (Lipinski definition) is 12. The number of anilines is 8. The molecule has 0 aliphatic carbocycles. The van der Waals surface area contributed by atoms with Crippen LogP contribution in [-0.2, 0) is 30.4 Å². The van der Waals surface area contributed by atoms with E-state index in [9.17, 15) is 45.2 Å². The Morgan fingerprint density at radius 2 is 1.19 bits per heavy atom. The molecule has 2 aromatic heterocycles. The van der Waals surface area contributed by atoms with Crippen LogP contribution < -0.4 is 31.6 Å². The van der Waals surface area contributed by atoms with Crippen LogP contribution in [0.5, 0.6) is 0 Å². The number of nitrogens with zero attached hydrogens (tertiary/aromatic N) is 7. The normalized spacial score (nSPS) is 13.2. The highest BCUT2D eigenvalue weighted by Gasteiger charge is 2.19. The van der Waals surface area contributed by atoms with E-state index in [1.807, 2.05) is 0 Å². The summed E-state index contributed by atoms with van der Waals surface area (Å²) in [5.41, 5.74) is 1.20. The number of hydroxylamine groups is 1. The van der Waals surface area contributed by atoms with E-state index in [2.05, 4.69) is 56.5 Å². The van der Waals surface area contributed by atoms with Gasteiger partial charge < -0.3 is 41.9 Å². The van der Waals surface area contributed by atoms with Gasteiger partial charge in [-0.05, 0) is 41.3 Å². The minimum absolute atomic E-state index is 0.00635. The SMILES string of the molecule is CC(CO)CN(O)c1nc(NCCS(=O)(=O)O)nc(Nc2ccc(C=Cc3ccc(Nc4nc(NCCS(=O)(=O)O)nc(NCC(O)CO)n4)cc3)c(S(=O)(=O)O)c2)n1. The Balaban J connectivity index is 1.54. The van der Waals surface area contributed by atoms with E-state index in [0.717, 1.165) is 6.07 Å². The number of nitrogens with one attached hydrogen (secondary N) is 5. The minimum atomic E-state index is -4.81. The second-order valence-electron chi connectivity index (χ2n) is 12.5. The largest absolute Gasteiger partial charge is 0.396 e. The van der Waals surface area contributed by atoms with E-state index >= 15 is 0 Å². The lowest BCUT2D eigenvalue weighted by molar-refractivity contribution is 0.105. The number of hydrogen-bond acceptors (Lipinski definition) is 22. The Hall–Kier alpha value is -5.43. The minimum Gasteiger partial charge on any atom is -0.396 e. The third kappa shape index (κ3) is 16.0. The van der Waals surface area contributed by atoms with Crippen LogP contribution in [0.2, 0.25) is 0 Å². The molecule has 4 rings (SSSR count). The molecular weight excluding hydrogens is 845 g/mol. The highest BCUT2D eigenvalue weighted by molar-refractivity contribution is 7.86. The van der Waals surface area contributed by atoms with Gasteiger partial charge in [0.25, 0.3) is 36.3 Å². The van der Waals surface area contributed by atoms with Crippen molar-refractivity contribution < 1.29 is 59.4 Å². The summed E-state index contributed by atoms with van der Waals surface area (Å²) in [6, 6.07) is 10.5. The maximum Gasteiger partial charge on any atom is 0.295 e. The second-order valence-corrected chi connectivity index (χ2v) is 17.1. The van der Waals surface area contributed by atoms with Crippen LogP contribution in [0.25, 0.3) is 12.2 Å². The molecule has 12 N–H and O–H groups in total. The molecule has 0 aliphatic rings. The van der Waals surface area contributed by atoms with Crippen molar-refractivity contribution in [3.8, 4) is 0 Å². The van der Waals surface area contributed by atoms with Crippen LogP contribution in [0.3, 0.4) is 0 Å². The molecule has 0 saturated carbocycles. The summed E-state index contributed by atoms with van der Waals surface area (Å²) in [5, 5.41) is 52.9. The Morgan fingerprint density at radius 3 is 1.75 bits per heavy atom. The number of benzene rings is 2. The van der Waals surface area contributed by atoms with Crippen molar-refractivity contribution in [1.82, 2.24) is 29.9 Å². The van der Waals surface area contributed by atoms with E-state index in [0.29, 0.717) is 16.3 Å². The van der Waals surface area contributed by atoms with Crippen LogP contribution in [0.1, 0.15) is 18.1 Å². The molecule has 0 fully saturated rings. The lowest BCUT2D eigenvalue weighted by atomic mass is 10.1. The summed E-state index contributed by atoms with van der Waals surface area (Å²) in [7, 11) is -13.4. The van der Waals surface area contributed by atoms with Crippen LogP contribution in [0.15, 0.2) is 47.4 Å². The topological polar surface area (TPSA) is 385 Å². The van der Waals surface area contributed by atoms with Crippen LogP contribution in [-0.4, -0.2) is 146 Å². The molecule has 0 saturated heterocycles. The van der Waals surface area contributed by atoms with Crippen molar-refractivity contribution >= 4 is 89.6 Å². The van der Waals surface area contributed by atoms with E-state index in [1.165, 1.54) is 18.2 Å². The molecule has 4 aromatic rings. The molecule has 2 atom stereocenters. The first-order chi connectivity index (χ1) is 27.7. The first-order valence-corrected chi connectivity index (χ1v) is 21.8. The van der Waals surface area contributed by atoms with Crippen molar-refractivity contribution in [2.75, 3.05) is 82.5 Å². The fourth-order valence-electron chi connectivity index (χ4n) is 4.59.